The van der Waals surface area contributed by atoms with E-state index in [-0.39, 0.29) is 0 Å². The van der Waals surface area contributed by atoms with E-state index in [4.69, 9.17) is 4.84 Å². The Balaban J connectivity index is 2.38. The summed E-state index contributed by atoms with van der Waals surface area (Å²) >= 11 is 0. The quantitative estimate of drug-likeness (QED) is 0.443. The van der Waals surface area contributed by atoms with E-state index in [2.05, 4.69) is 12.1 Å². The van der Waals surface area contributed by atoms with Gasteiger partial charge in [-0.15, -0.1) is 0 Å². The highest BCUT2D eigenvalue weighted by Crippen LogP contribution is 2.24. The summed E-state index contributed by atoms with van der Waals surface area (Å²) in [6.07, 6.45) is 6.73. The Morgan fingerprint density at radius 2 is 1.91 bits per heavy atom. The Labute approximate surface area is 68.6 Å². The van der Waals surface area contributed by atoms with E-state index in [1.807, 2.05) is 0 Å². The summed E-state index contributed by atoms with van der Waals surface area (Å²) in [5.74, 6) is 0.698. The zero-order valence-electron chi connectivity index (χ0n) is 7.47. The average Bonchev–Trinajstić information content (AvgIpc) is 2.07. The monoisotopic (exact) mass is 155 g/mol. The number of hydrogen-bond acceptors (Lipinski definition) is 2. The van der Waals surface area contributed by atoms with Crippen molar-refractivity contribution in [2.45, 2.75) is 39.0 Å². The zero-order valence-corrected chi connectivity index (χ0v) is 7.47. The molecule has 1 rings (SSSR count). The van der Waals surface area contributed by atoms with Crippen LogP contribution in [-0.2, 0) is 4.84 Å². The SMILES string of the molecule is CO/N=C(/C)C1CCCCC1. The van der Waals surface area contributed by atoms with Crippen molar-refractivity contribution in [3.05, 3.63) is 0 Å². The Bertz CT molecular complexity index is 136. The Morgan fingerprint density at radius 1 is 1.27 bits per heavy atom. The molecule has 0 atom stereocenters. The van der Waals surface area contributed by atoms with Crippen LogP contribution in [-0.4, -0.2) is 12.8 Å². The molecule has 0 unspecified atom stereocenters. The molecule has 0 aliphatic heterocycles. The van der Waals surface area contributed by atoms with E-state index >= 15 is 0 Å². The minimum atomic E-state index is 0.698. The molecule has 0 aromatic carbocycles. The van der Waals surface area contributed by atoms with Crippen molar-refractivity contribution >= 4 is 5.71 Å². The molecule has 0 N–H and O–H groups in total. The second-order valence-corrected chi connectivity index (χ2v) is 3.25. The van der Waals surface area contributed by atoms with Crippen molar-refractivity contribution in [1.82, 2.24) is 0 Å². The molecule has 0 radical (unpaired) electrons. The van der Waals surface area contributed by atoms with E-state index < -0.39 is 0 Å². The van der Waals surface area contributed by atoms with Gasteiger partial charge >= 0.3 is 0 Å². The van der Waals surface area contributed by atoms with Crippen molar-refractivity contribution in [3.8, 4) is 0 Å². The van der Waals surface area contributed by atoms with Crippen LogP contribution in [0.25, 0.3) is 0 Å². The van der Waals surface area contributed by atoms with Crippen LogP contribution in [0.4, 0.5) is 0 Å². The predicted molar refractivity (Wildman–Crippen MR) is 46.7 cm³/mol. The third-order valence-electron chi connectivity index (χ3n) is 2.43. The Hall–Kier alpha value is -0.530. The normalized spacial score (nSPS) is 21.8. The van der Waals surface area contributed by atoms with Gasteiger partial charge in [-0.3, -0.25) is 0 Å². The Morgan fingerprint density at radius 3 is 2.45 bits per heavy atom. The average molecular weight is 155 g/mol. The van der Waals surface area contributed by atoms with Crippen LogP contribution in [0.5, 0.6) is 0 Å². The molecular formula is C9H17NO. The van der Waals surface area contributed by atoms with Gasteiger partial charge in [0.25, 0.3) is 0 Å². The number of hydrogen-bond donors (Lipinski definition) is 0. The largest absolute Gasteiger partial charge is 0.399 e. The molecule has 0 aromatic rings. The highest BCUT2D eigenvalue weighted by molar-refractivity contribution is 5.83. The summed E-state index contributed by atoms with van der Waals surface area (Å²) in [6.45, 7) is 2.07. The highest BCUT2D eigenvalue weighted by Gasteiger charge is 2.15. The molecule has 1 aliphatic rings. The lowest BCUT2D eigenvalue weighted by Gasteiger charge is -2.20. The van der Waals surface area contributed by atoms with E-state index in [9.17, 15) is 0 Å². The van der Waals surface area contributed by atoms with Gasteiger partial charge in [-0.2, -0.15) is 0 Å². The van der Waals surface area contributed by atoms with E-state index in [1.54, 1.807) is 7.11 Å². The summed E-state index contributed by atoms with van der Waals surface area (Å²) in [6, 6.07) is 0. The molecule has 0 spiro atoms. The van der Waals surface area contributed by atoms with Crippen molar-refractivity contribution < 1.29 is 4.84 Å². The molecule has 0 heterocycles. The molecule has 11 heavy (non-hydrogen) atoms. The number of nitrogens with zero attached hydrogens (tertiary/aromatic N) is 1. The fourth-order valence-electron chi connectivity index (χ4n) is 1.74. The van der Waals surface area contributed by atoms with Crippen molar-refractivity contribution in [1.29, 1.82) is 0 Å². The summed E-state index contributed by atoms with van der Waals surface area (Å²) in [5.41, 5.74) is 1.17. The lowest BCUT2D eigenvalue weighted by molar-refractivity contribution is 0.209. The second-order valence-electron chi connectivity index (χ2n) is 3.25. The van der Waals surface area contributed by atoms with Crippen LogP contribution >= 0.6 is 0 Å². The molecule has 0 aromatic heterocycles. The maximum atomic E-state index is 4.74. The van der Waals surface area contributed by atoms with Gasteiger partial charge in [-0.05, 0) is 19.8 Å². The van der Waals surface area contributed by atoms with Gasteiger partial charge < -0.3 is 4.84 Å². The highest BCUT2D eigenvalue weighted by atomic mass is 16.6. The van der Waals surface area contributed by atoms with E-state index in [0.717, 1.165) is 0 Å². The van der Waals surface area contributed by atoms with Crippen LogP contribution in [0.3, 0.4) is 0 Å². The third-order valence-corrected chi connectivity index (χ3v) is 2.43. The van der Waals surface area contributed by atoms with Crippen LogP contribution in [0.15, 0.2) is 5.16 Å². The van der Waals surface area contributed by atoms with E-state index in [1.165, 1.54) is 37.8 Å². The molecular weight excluding hydrogens is 138 g/mol. The van der Waals surface area contributed by atoms with Crippen LogP contribution in [0.2, 0.25) is 0 Å². The van der Waals surface area contributed by atoms with Gasteiger partial charge in [0.05, 0.1) is 5.71 Å². The summed E-state index contributed by atoms with van der Waals surface area (Å²) in [4.78, 5) is 4.74. The third kappa shape index (κ3) is 2.52. The van der Waals surface area contributed by atoms with Gasteiger partial charge in [-0.1, -0.05) is 24.4 Å². The lowest BCUT2D eigenvalue weighted by atomic mass is 9.86. The summed E-state index contributed by atoms with van der Waals surface area (Å²) in [7, 11) is 1.62. The van der Waals surface area contributed by atoms with Gasteiger partial charge in [0, 0.05) is 5.92 Å². The zero-order chi connectivity index (χ0) is 8.10. The molecule has 1 saturated carbocycles. The molecule has 1 aliphatic carbocycles. The molecule has 0 saturated heterocycles. The predicted octanol–water partition coefficient (Wildman–Crippen LogP) is 2.59. The number of oxime groups is 1. The minimum absolute atomic E-state index is 0.698. The van der Waals surface area contributed by atoms with Gasteiger partial charge in [-0.25, -0.2) is 0 Å². The molecule has 0 bridgehead atoms. The van der Waals surface area contributed by atoms with E-state index in [0.29, 0.717) is 5.92 Å². The first kappa shape index (κ1) is 8.57. The molecule has 0 amide bonds. The van der Waals surface area contributed by atoms with Crippen molar-refractivity contribution in [2.24, 2.45) is 11.1 Å². The molecule has 2 nitrogen and oxygen atoms in total. The summed E-state index contributed by atoms with van der Waals surface area (Å²) in [5, 5.41) is 3.96. The molecule has 64 valence electrons. The van der Waals surface area contributed by atoms with Gasteiger partial charge in [0.2, 0.25) is 0 Å². The maximum Gasteiger partial charge on any atom is 0.106 e. The summed E-state index contributed by atoms with van der Waals surface area (Å²) < 4.78 is 0. The Kier molecular flexibility index (Phi) is 3.40. The topological polar surface area (TPSA) is 21.6 Å². The lowest BCUT2D eigenvalue weighted by Crippen LogP contribution is -2.14. The van der Waals surface area contributed by atoms with Crippen LogP contribution < -0.4 is 0 Å². The maximum absolute atomic E-state index is 4.74. The van der Waals surface area contributed by atoms with Gasteiger partial charge in [0.1, 0.15) is 7.11 Å². The second kappa shape index (κ2) is 4.37. The molecule has 2 heteroatoms. The fraction of sp³-hybridized carbons (Fsp3) is 0.889. The first-order valence-corrected chi connectivity index (χ1v) is 4.42. The first-order valence-electron chi connectivity index (χ1n) is 4.42. The van der Waals surface area contributed by atoms with Gasteiger partial charge in [0.15, 0.2) is 0 Å². The number of rotatable bonds is 2. The minimum Gasteiger partial charge on any atom is -0.399 e. The first-order chi connectivity index (χ1) is 5.34. The smallest absolute Gasteiger partial charge is 0.106 e. The van der Waals surface area contributed by atoms with Crippen molar-refractivity contribution in [3.63, 3.8) is 0 Å². The van der Waals surface area contributed by atoms with Crippen LogP contribution in [0.1, 0.15) is 39.0 Å². The molecule has 1 fully saturated rings. The van der Waals surface area contributed by atoms with Crippen LogP contribution in [0, 0.1) is 5.92 Å². The fourth-order valence-corrected chi connectivity index (χ4v) is 1.74. The van der Waals surface area contributed by atoms with Crippen molar-refractivity contribution in [2.75, 3.05) is 7.11 Å². The standard InChI is InChI=1S/C9H17NO/c1-8(10-11-2)9-6-4-3-5-7-9/h9H,3-7H2,1-2H3/b10-8-.